The third kappa shape index (κ3) is 2.02. The molecule has 0 saturated carbocycles. The number of rotatable bonds is 1. The van der Waals surface area contributed by atoms with E-state index in [1.54, 1.807) is 12.3 Å². The smallest absolute Gasteiger partial charge is 0.183 e. The quantitative estimate of drug-likeness (QED) is 0.781. The number of aromatic nitrogens is 2. The van der Waals surface area contributed by atoms with Gasteiger partial charge in [-0.15, -0.1) is 0 Å². The first-order valence-corrected chi connectivity index (χ1v) is 6.02. The first kappa shape index (κ1) is 11.6. The zero-order chi connectivity index (χ0) is 13.2. The monoisotopic (exact) mass is 254 g/mol. The maximum Gasteiger partial charge on any atom is 0.183 e. The van der Waals surface area contributed by atoms with Gasteiger partial charge in [0.1, 0.15) is 11.9 Å². The minimum Gasteiger partial charge on any atom is -0.349 e. The number of hydrogen-bond donors (Lipinski definition) is 0. The molecular formula is C14H11FN4. The summed E-state index contributed by atoms with van der Waals surface area (Å²) in [6.07, 6.45) is 3.78. The second-order valence-electron chi connectivity index (χ2n) is 4.39. The molecule has 1 aliphatic rings. The summed E-state index contributed by atoms with van der Waals surface area (Å²) in [5, 5.41) is 9.05. The fraction of sp³-hybridized carbons (Fsp3) is 0.214. The van der Waals surface area contributed by atoms with Crippen molar-refractivity contribution in [1.82, 2.24) is 9.97 Å². The van der Waals surface area contributed by atoms with Gasteiger partial charge in [-0.2, -0.15) is 5.26 Å². The molecule has 0 spiro atoms. The Morgan fingerprint density at radius 2 is 2.11 bits per heavy atom. The number of hydrogen-bond acceptors (Lipinski definition) is 4. The average molecular weight is 254 g/mol. The summed E-state index contributed by atoms with van der Waals surface area (Å²) in [4.78, 5) is 10.1. The fourth-order valence-corrected chi connectivity index (χ4v) is 2.36. The molecule has 0 amide bonds. The number of fused-ring (bicyclic) bond motifs is 1. The largest absolute Gasteiger partial charge is 0.349 e. The predicted molar refractivity (Wildman–Crippen MR) is 67.9 cm³/mol. The van der Waals surface area contributed by atoms with E-state index in [9.17, 15) is 4.39 Å². The molecule has 19 heavy (non-hydrogen) atoms. The standard InChI is InChI=1S/C14H11FN4/c15-12-3-1-2-10-4-7-19(9-11(10)12)14-13(8-16)17-5-6-18-14/h1-3,5-6H,4,7,9H2. The van der Waals surface area contributed by atoms with Gasteiger partial charge in [-0.05, 0) is 18.1 Å². The van der Waals surface area contributed by atoms with Crippen LogP contribution in [0.3, 0.4) is 0 Å². The van der Waals surface area contributed by atoms with Crippen molar-refractivity contribution in [3.63, 3.8) is 0 Å². The number of halogens is 1. The highest BCUT2D eigenvalue weighted by Crippen LogP contribution is 2.25. The SMILES string of the molecule is N#Cc1nccnc1N1CCc2cccc(F)c2C1. The maximum atomic E-state index is 13.8. The lowest BCUT2D eigenvalue weighted by Gasteiger charge is -2.30. The Morgan fingerprint density at radius 3 is 2.95 bits per heavy atom. The van der Waals surface area contributed by atoms with Crippen molar-refractivity contribution in [2.24, 2.45) is 0 Å². The number of benzene rings is 1. The molecule has 0 fully saturated rings. The van der Waals surface area contributed by atoms with Gasteiger partial charge in [0, 0.05) is 31.0 Å². The van der Waals surface area contributed by atoms with Crippen LogP contribution in [0.15, 0.2) is 30.6 Å². The first-order chi connectivity index (χ1) is 9.29. The van der Waals surface area contributed by atoms with Crippen LogP contribution < -0.4 is 4.90 Å². The van der Waals surface area contributed by atoms with Gasteiger partial charge in [0.2, 0.25) is 0 Å². The molecule has 0 unspecified atom stereocenters. The van der Waals surface area contributed by atoms with Gasteiger partial charge >= 0.3 is 0 Å². The highest BCUT2D eigenvalue weighted by Gasteiger charge is 2.22. The molecule has 0 atom stereocenters. The molecular weight excluding hydrogens is 243 g/mol. The van der Waals surface area contributed by atoms with Crippen LogP contribution in [-0.4, -0.2) is 16.5 Å². The van der Waals surface area contributed by atoms with Crippen molar-refractivity contribution in [3.8, 4) is 6.07 Å². The van der Waals surface area contributed by atoms with Gasteiger partial charge in [-0.25, -0.2) is 14.4 Å². The van der Waals surface area contributed by atoms with Crippen LogP contribution in [0.2, 0.25) is 0 Å². The summed E-state index contributed by atoms with van der Waals surface area (Å²) < 4.78 is 13.8. The second kappa shape index (κ2) is 4.65. The molecule has 1 aliphatic heterocycles. The zero-order valence-electron chi connectivity index (χ0n) is 10.2. The van der Waals surface area contributed by atoms with Gasteiger partial charge in [0.15, 0.2) is 11.5 Å². The van der Waals surface area contributed by atoms with E-state index in [-0.39, 0.29) is 11.5 Å². The minimum absolute atomic E-state index is 0.204. The molecule has 0 aliphatic carbocycles. The van der Waals surface area contributed by atoms with Gasteiger partial charge in [-0.3, -0.25) is 0 Å². The third-order valence-corrected chi connectivity index (χ3v) is 3.30. The summed E-state index contributed by atoms with van der Waals surface area (Å²) >= 11 is 0. The van der Waals surface area contributed by atoms with Crippen molar-refractivity contribution >= 4 is 5.82 Å². The zero-order valence-corrected chi connectivity index (χ0v) is 10.2. The third-order valence-electron chi connectivity index (χ3n) is 3.30. The van der Waals surface area contributed by atoms with Crippen molar-refractivity contribution in [1.29, 1.82) is 5.26 Å². The predicted octanol–water partition coefficient (Wildman–Crippen LogP) is 2.05. The second-order valence-corrected chi connectivity index (χ2v) is 4.39. The summed E-state index contributed by atoms with van der Waals surface area (Å²) in [6.45, 7) is 1.14. The van der Waals surface area contributed by atoms with E-state index in [0.717, 1.165) is 12.0 Å². The molecule has 3 rings (SSSR count). The van der Waals surface area contributed by atoms with E-state index in [1.165, 1.54) is 12.3 Å². The molecule has 5 heteroatoms. The topological polar surface area (TPSA) is 52.8 Å². The molecule has 94 valence electrons. The van der Waals surface area contributed by atoms with Crippen molar-refractivity contribution < 1.29 is 4.39 Å². The lowest BCUT2D eigenvalue weighted by atomic mass is 9.99. The minimum atomic E-state index is -0.204. The van der Waals surface area contributed by atoms with Crippen LogP contribution >= 0.6 is 0 Å². The number of nitrogens with zero attached hydrogens (tertiary/aromatic N) is 4. The molecule has 0 bridgehead atoms. The van der Waals surface area contributed by atoms with Crippen molar-refractivity contribution in [3.05, 3.63) is 53.2 Å². The van der Waals surface area contributed by atoms with Crippen molar-refractivity contribution in [2.75, 3.05) is 11.4 Å². The average Bonchev–Trinajstić information content (AvgIpc) is 2.47. The molecule has 2 aromatic rings. The van der Waals surface area contributed by atoms with Crippen LogP contribution in [0.4, 0.5) is 10.2 Å². The highest BCUT2D eigenvalue weighted by atomic mass is 19.1. The molecule has 0 N–H and O–H groups in total. The molecule has 4 nitrogen and oxygen atoms in total. The Balaban J connectivity index is 1.98. The Bertz CT molecular complexity index is 663. The van der Waals surface area contributed by atoms with E-state index < -0.39 is 0 Å². The van der Waals surface area contributed by atoms with Crippen LogP contribution in [0.5, 0.6) is 0 Å². The highest BCUT2D eigenvalue weighted by molar-refractivity contribution is 5.52. The molecule has 0 saturated heterocycles. The normalized spacial score (nSPS) is 13.8. The van der Waals surface area contributed by atoms with Crippen LogP contribution in [0.1, 0.15) is 16.8 Å². The molecule has 2 heterocycles. The van der Waals surface area contributed by atoms with Gasteiger partial charge < -0.3 is 4.90 Å². The summed E-state index contributed by atoms with van der Waals surface area (Å²) in [7, 11) is 0. The van der Waals surface area contributed by atoms with Gasteiger partial charge in [0.25, 0.3) is 0 Å². The summed E-state index contributed by atoms with van der Waals surface area (Å²) in [5.41, 5.74) is 1.99. The summed E-state index contributed by atoms with van der Waals surface area (Å²) in [6, 6.07) is 7.16. The Kier molecular flexibility index (Phi) is 2.84. The van der Waals surface area contributed by atoms with Crippen molar-refractivity contribution in [2.45, 2.75) is 13.0 Å². The molecule has 1 aromatic carbocycles. The Hall–Kier alpha value is -2.48. The van der Waals surface area contributed by atoms with E-state index in [2.05, 4.69) is 9.97 Å². The van der Waals surface area contributed by atoms with Crippen LogP contribution in [0, 0.1) is 17.1 Å². The van der Waals surface area contributed by atoms with Gasteiger partial charge in [0.05, 0.1) is 0 Å². The summed E-state index contributed by atoms with van der Waals surface area (Å²) in [5.74, 6) is 0.323. The fourth-order valence-electron chi connectivity index (χ4n) is 2.36. The Labute approximate surface area is 110 Å². The van der Waals surface area contributed by atoms with E-state index >= 15 is 0 Å². The molecule has 1 aromatic heterocycles. The lowest BCUT2D eigenvalue weighted by Crippen LogP contribution is -2.32. The van der Waals surface area contributed by atoms with E-state index in [4.69, 9.17) is 5.26 Å². The van der Waals surface area contributed by atoms with Gasteiger partial charge in [-0.1, -0.05) is 12.1 Å². The number of nitriles is 1. The first-order valence-electron chi connectivity index (χ1n) is 6.02. The van der Waals surface area contributed by atoms with Crippen LogP contribution in [0.25, 0.3) is 0 Å². The lowest BCUT2D eigenvalue weighted by molar-refractivity contribution is 0.586. The van der Waals surface area contributed by atoms with E-state index in [0.29, 0.717) is 24.5 Å². The maximum absolute atomic E-state index is 13.8. The Morgan fingerprint density at radius 1 is 1.26 bits per heavy atom. The molecule has 0 radical (unpaired) electrons. The number of anilines is 1. The van der Waals surface area contributed by atoms with Crippen LogP contribution in [-0.2, 0) is 13.0 Å². The van der Waals surface area contributed by atoms with E-state index in [1.807, 2.05) is 17.0 Å².